The van der Waals surface area contributed by atoms with Crippen molar-refractivity contribution < 1.29 is 52.2 Å². The van der Waals surface area contributed by atoms with Gasteiger partial charge in [0, 0.05) is 19.3 Å². The van der Waals surface area contributed by atoms with E-state index in [1.54, 1.807) is 0 Å². The van der Waals surface area contributed by atoms with Gasteiger partial charge in [0.15, 0.2) is 6.10 Å². The van der Waals surface area contributed by atoms with E-state index in [4.69, 9.17) is 23.3 Å². The molecule has 0 saturated heterocycles. The third kappa shape index (κ3) is 50.1. The summed E-state index contributed by atoms with van der Waals surface area (Å²) >= 11 is 0. The number of rotatable bonds is 52. The van der Waals surface area contributed by atoms with Gasteiger partial charge in [-0.05, 0) is 83.5 Å². The number of carbonyl (C=O) groups is 3. The molecule has 0 aliphatic rings. The van der Waals surface area contributed by atoms with Gasteiger partial charge in [0.1, 0.15) is 12.7 Å². The monoisotopic (exact) mass is 1010 g/mol. The first-order valence-corrected chi connectivity index (χ1v) is 29.7. The first-order valence-electron chi connectivity index (χ1n) is 28.2. The van der Waals surface area contributed by atoms with Crippen LogP contribution in [0.25, 0.3) is 0 Å². The Morgan fingerprint density at radius 2 is 0.729 bits per heavy atom. The Labute approximate surface area is 427 Å². The molecule has 3 unspecified atom stereocenters. The van der Waals surface area contributed by atoms with Gasteiger partial charge in [-0.3, -0.25) is 23.4 Å². The highest BCUT2D eigenvalue weighted by molar-refractivity contribution is 7.47. The van der Waals surface area contributed by atoms with E-state index in [1.807, 2.05) is 0 Å². The second-order valence-corrected chi connectivity index (χ2v) is 20.2. The quantitative estimate of drug-likeness (QED) is 0.0197. The summed E-state index contributed by atoms with van der Waals surface area (Å²) in [6, 6.07) is 0. The average Bonchev–Trinajstić information content (AvgIpc) is 3.35. The molecule has 0 spiro atoms. The number of aliphatic hydroxyl groups excluding tert-OH is 1. The van der Waals surface area contributed by atoms with E-state index in [1.165, 1.54) is 77.0 Å². The number of hydrogen-bond donors (Lipinski definition) is 2. The summed E-state index contributed by atoms with van der Waals surface area (Å²) in [5, 5.41) is 9.79. The summed E-state index contributed by atoms with van der Waals surface area (Å²) in [5.41, 5.74) is 0. The highest BCUT2D eigenvalue weighted by Crippen LogP contribution is 2.43. The van der Waals surface area contributed by atoms with Crippen molar-refractivity contribution in [2.24, 2.45) is 0 Å². The van der Waals surface area contributed by atoms with Gasteiger partial charge in [0.05, 0.1) is 19.8 Å². The zero-order valence-electron chi connectivity index (χ0n) is 44.7. The van der Waals surface area contributed by atoms with Gasteiger partial charge in [-0.15, -0.1) is 0 Å². The van der Waals surface area contributed by atoms with E-state index in [9.17, 15) is 28.9 Å². The molecule has 0 aromatic carbocycles. The second-order valence-electron chi connectivity index (χ2n) is 18.7. The molecule has 0 rings (SSSR count). The zero-order valence-corrected chi connectivity index (χ0v) is 45.6. The van der Waals surface area contributed by atoms with Crippen LogP contribution in [0.2, 0.25) is 0 Å². The molecule has 0 aromatic heterocycles. The van der Waals surface area contributed by atoms with Crippen molar-refractivity contribution in [2.45, 2.75) is 264 Å². The molecule has 2 N–H and O–H groups in total. The SMILES string of the molecule is CCC/C=C\C/C=C\CCCCCCCC(=O)OC(CO)COP(=O)(O)OCC(COC(=O)CCCCCCCCCCCCC)OC(=O)CCCCCCCC/C=C\C/C=C\C/C=C\CCCCC. The van der Waals surface area contributed by atoms with E-state index < -0.39 is 57.8 Å². The highest BCUT2D eigenvalue weighted by Gasteiger charge is 2.28. The first kappa shape index (κ1) is 67.2. The molecule has 0 aliphatic carbocycles. The molecule has 11 nitrogen and oxygen atoms in total. The fourth-order valence-corrected chi connectivity index (χ4v) is 8.36. The van der Waals surface area contributed by atoms with Crippen molar-refractivity contribution in [1.29, 1.82) is 0 Å². The Morgan fingerprint density at radius 3 is 1.16 bits per heavy atom. The summed E-state index contributed by atoms with van der Waals surface area (Å²) in [7, 11) is -4.75. The standard InChI is InChI=1S/C58H103O11P/c1-4-7-10-13-16-19-22-24-25-26-27-28-29-31-34-37-40-43-46-49-58(62)69-55(51-65-56(60)47-44-41-38-35-32-21-18-15-12-9-6-3)53-67-70(63,64)66-52-54(50-59)68-57(61)48-45-42-39-36-33-30-23-20-17-14-11-8-5-2/h11,14,16,19-20,23-25,27-28,54-55,59H,4-10,12-13,15,17-18,21-22,26,29-53H2,1-3H3,(H,63,64)/b14-11-,19-16-,23-20-,25-24-,28-27-. The van der Waals surface area contributed by atoms with Gasteiger partial charge in [0.25, 0.3) is 0 Å². The number of hydrogen-bond acceptors (Lipinski definition) is 10. The Kier molecular flexibility index (Phi) is 50.4. The molecule has 3 atom stereocenters. The average molecular weight is 1010 g/mol. The molecule has 12 heteroatoms. The summed E-state index contributed by atoms with van der Waals surface area (Å²) in [5.74, 6) is -1.49. The van der Waals surface area contributed by atoms with Crippen molar-refractivity contribution in [3.8, 4) is 0 Å². The van der Waals surface area contributed by atoms with Crippen molar-refractivity contribution in [3.05, 3.63) is 60.8 Å². The summed E-state index contributed by atoms with van der Waals surface area (Å²) in [6.45, 7) is 4.52. The normalized spacial score (nSPS) is 13.8. The molecule has 70 heavy (non-hydrogen) atoms. The minimum Gasteiger partial charge on any atom is -0.462 e. The Hall–Kier alpha value is -2.82. The molecule has 0 aromatic rings. The smallest absolute Gasteiger partial charge is 0.462 e. The second kappa shape index (κ2) is 52.5. The lowest BCUT2D eigenvalue weighted by Crippen LogP contribution is -2.30. The number of phosphoric ester groups is 1. The van der Waals surface area contributed by atoms with Crippen molar-refractivity contribution in [2.75, 3.05) is 26.4 Å². The lowest BCUT2D eigenvalue weighted by Gasteiger charge is -2.21. The van der Waals surface area contributed by atoms with Gasteiger partial charge in [-0.25, -0.2) is 4.57 Å². The summed E-state index contributed by atoms with van der Waals surface area (Å²) < 4.78 is 39.4. The van der Waals surface area contributed by atoms with Crippen molar-refractivity contribution in [1.82, 2.24) is 0 Å². The lowest BCUT2D eigenvalue weighted by molar-refractivity contribution is -0.161. The highest BCUT2D eigenvalue weighted by atomic mass is 31.2. The molecule has 0 radical (unpaired) electrons. The maximum Gasteiger partial charge on any atom is 0.472 e. The lowest BCUT2D eigenvalue weighted by atomic mass is 10.1. The fraction of sp³-hybridized carbons (Fsp3) is 0.776. The molecule has 0 amide bonds. The Bertz CT molecular complexity index is 1410. The van der Waals surface area contributed by atoms with Crippen LogP contribution in [0.15, 0.2) is 60.8 Å². The molecular formula is C58H103O11P. The van der Waals surface area contributed by atoms with Crippen LogP contribution in [0.1, 0.15) is 252 Å². The van der Waals surface area contributed by atoms with Gasteiger partial charge < -0.3 is 24.2 Å². The summed E-state index contributed by atoms with van der Waals surface area (Å²) in [4.78, 5) is 48.4. The van der Waals surface area contributed by atoms with Gasteiger partial charge in [0.2, 0.25) is 0 Å². The molecule has 0 aliphatic heterocycles. The van der Waals surface area contributed by atoms with Crippen LogP contribution in [0.3, 0.4) is 0 Å². The number of esters is 3. The van der Waals surface area contributed by atoms with Gasteiger partial charge in [-0.1, -0.05) is 210 Å². The van der Waals surface area contributed by atoms with E-state index in [0.29, 0.717) is 19.3 Å². The third-order valence-corrected chi connectivity index (χ3v) is 12.8. The van der Waals surface area contributed by atoms with Crippen LogP contribution in [0.4, 0.5) is 0 Å². The first-order chi connectivity index (χ1) is 34.2. The van der Waals surface area contributed by atoms with Crippen LogP contribution in [0.5, 0.6) is 0 Å². The number of ether oxygens (including phenoxy) is 3. The minimum absolute atomic E-state index is 0.153. The third-order valence-electron chi connectivity index (χ3n) is 11.9. The van der Waals surface area contributed by atoms with Gasteiger partial charge >= 0.3 is 25.7 Å². The van der Waals surface area contributed by atoms with Gasteiger partial charge in [-0.2, -0.15) is 0 Å². The predicted molar refractivity (Wildman–Crippen MR) is 288 cm³/mol. The Balaban J connectivity index is 4.73. The van der Waals surface area contributed by atoms with Crippen LogP contribution < -0.4 is 0 Å². The number of unbranched alkanes of at least 4 members (excludes halogenated alkanes) is 25. The topological polar surface area (TPSA) is 155 Å². The molecule has 0 bridgehead atoms. The van der Waals surface area contributed by atoms with Crippen LogP contribution in [-0.4, -0.2) is 66.5 Å². The van der Waals surface area contributed by atoms with E-state index in [0.717, 1.165) is 116 Å². The largest absolute Gasteiger partial charge is 0.472 e. The Morgan fingerprint density at radius 1 is 0.400 bits per heavy atom. The minimum atomic E-state index is -4.75. The summed E-state index contributed by atoms with van der Waals surface area (Å²) in [6.07, 6.45) is 56.1. The van der Waals surface area contributed by atoms with E-state index in [-0.39, 0.29) is 25.9 Å². The van der Waals surface area contributed by atoms with Crippen LogP contribution in [-0.2, 0) is 42.2 Å². The fourth-order valence-electron chi connectivity index (χ4n) is 7.58. The molecule has 0 saturated carbocycles. The number of phosphoric acid groups is 1. The molecular weight excluding hydrogens is 904 g/mol. The maximum absolute atomic E-state index is 12.9. The van der Waals surface area contributed by atoms with Crippen LogP contribution >= 0.6 is 7.82 Å². The molecule has 0 heterocycles. The number of carbonyl (C=O) groups excluding carboxylic acids is 3. The molecule has 406 valence electrons. The number of allylic oxidation sites excluding steroid dienone is 10. The van der Waals surface area contributed by atoms with Crippen LogP contribution in [0, 0.1) is 0 Å². The van der Waals surface area contributed by atoms with E-state index >= 15 is 0 Å². The maximum atomic E-state index is 12.9. The van der Waals surface area contributed by atoms with Crippen molar-refractivity contribution in [3.63, 3.8) is 0 Å². The zero-order chi connectivity index (χ0) is 51.3. The van der Waals surface area contributed by atoms with E-state index in [2.05, 4.69) is 81.5 Å². The molecule has 0 fully saturated rings. The predicted octanol–water partition coefficient (Wildman–Crippen LogP) is 16.4. The van der Waals surface area contributed by atoms with Crippen molar-refractivity contribution >= 4 is 25.7 Å². The number of aliphatic hydroxyl groups is 1.